The Morgan fingerprint density at radius 3 is 2.91 bits per heavy atom. The van der Waals surface area contributed by atoms with Crippen LogP contribution in [0.5, 0.6) is 0 Å². The van der Waals surface area contributed by atoms with Gasteiger partial charge in [0.1, 0.15) is 0 Å². The van der Waals surface area contributed by atoms with Gasteiger partial charge in [0.25, 0.3) is 0 Å². The largest absolute Gasteiger partial charge is 0.330 e. The first-order chi connectivity index (χ1) is 5.25. The molecule has 0 amide bonds. The minimum Gasteiger partial charge on any atom is -0.330 e. The van der Waals surface area contributed by atoms with Crippen LogP contribution < -0.4 is 5.73 Å². The fourth-order valence-electron chi connectivity index (χ4n) is 1.01. The van der Waals surface area contributed by atoms with Gasteiger partial charge >= 0.3 is 0 Å². The number of pyridine rings is 1. The lowest BCUT2D eigenvalue weighted by Gasteiger charge is -2.04. The van der Waals surface area contributed by atoms with Gasteiger partial charge < -0.3 is 5.73 Å². The molecule has 1 aromatic rings. The van der Waals surface area contributed by atoms with Crippen molar-refractivity contribution in [1.82, 2.24) is 4.98 Å². The number of hydrogen-bond donors (Lipinski definition) is 1. The second kappa shape index (κ2) is 3.69. The average molecular weight is 171 g/mol. The van der Waals surface area contributed by atoms with Crippen LogP contribution in [-0.2, 0) is 6.42 Å². The van der Waals surface area contributed by atoms with Crippen molar-refractivity contribution >= 4 is 11.6 Å². The molecule has 60 valence electrons. The number of aryl methyl sites for hydroxylation is 1. The smallest absolute Gasteiger partial charge is 0.0471 e. The Balaban J connectivity index is 3.00. The highest BCUT2D eigenvalue weighted by Gasteiger charge is 2.02. The van der Waals surface area contributed by atoms with E-state index in [9.17, 15) is 0 Å². The third kappa shape index (κ3) is 1.91. The summed E-state index contributed by atoms with van der Waals surface area (Å²) in [6.07, 6.45) is 2.51. The highest BCUT2D eigenvalue weighted by atomic mass is 35.5. The average Bonchev–Trinajstić information content (AvgIpc) is 1.97. The van der Waals surface area contributed by atoms with Crippen LogP contribution in [0.4, 0.5) is 0 Å². The maximum absolute atomic E-state index is 5.91. The first-order valence-corrected chi connectivity index (χ1v) is 3.93. The van der Waals surface area contributed by atoms with Crippen molar-refractivity contribution in [2.45, 2.75) is 13.3 Å². The molecule has 1 aromatic heterocycles. The fourth-order valence-corrected chi connectivity index (χ4v) is 1.30. The molecule has 0 unspecified atom stereocenters. The molecule has 0 atom stereocenters. The molecule has 1 heterocycles. The van der Waals surface area contributed by atoms with E-state index in [0.717, 1.165) is 22.7 Å². The summed E-state index contributed by atoms with van der Waals surface area (Å²) in [5.74, 6) is 0. The molecule has 0 fully saturated rings. The zero-order valence-electron chi connectivity index (χ0n) is 6.47. The lowest BCUT2D eigenvalue weighted by molar-refractivity contribution is 0.939. The SMILES string of the molecule is Cc1nccc(Cl)c1CCN. The van der Waals surface area contributed by atoms with E-state index in [1.54, 1.807) is 12.3 Å². The van der Waals surface area contributed by atoms with Crippen molar-refractivity contribution in [3.05, 3.63) is 28.5 Å². The third-order valence-electron chi connectivity index (χ3n) is 1.61. The molecule has 3 heteroatoms. The summed E-state index contributed by atoms with van der Waals surface area (Å²) in [5, 5.41) is 0.767. The summed E-state index contributed by atoms with van der Waals surface area (Å²) in [4.78, 5) is 4.12. The molecule has 11 heavy (non-hydrogen) atoms. The van der Waals surface area contributed by atoms with Crippen molar-refractivity contribution in [1.29, 1.82) is 0 Å². The number of nitrogens with two attached hydrogens (primary N) is 1. The normalized spacial score (nSPS) is 10.1. The topological polar surface area (TPSA) is 38.9 Å². The number of nitrogens with zero attached hydrogens (tertiary/aromatic N) is 1. The fraction of sp³-hybridized carbons (Fsp3) is 0.375. The van der Waals surface area contributed by atoms with Gasteiger partial charge in [-0.05, 0) is 31.5 Å². The molecule has 2 nitrogen and oxygen atoms in total. The van der Waals surface area contributed by atoms with E-state index in [-0.39, 0.29) is 0 Å². The van der Waals surface area contributed by atoms with Crippen molar-refractivity contribution in [3.63, 3.8) is 0 Å². The zero-order valence-corrected chi connectivity index (χ0v) is 7.23. The first-order valence-electron chi connectivity index (χ1n) is 3.55. The van der Waals surface area contributed by atoms with Gasteiger partial charge in [-0.2, -0.15) is 0 Å². The minimum atomic E-state index is 0.617. The standard InChI is InChI=1S/C8H11ClN2/c1-6-7(2-4-10)8(9)3-5-11-6/h3,5H,2,4,10H2,1H3. The molecule has 0 aliphatic carbocycles. The molecule has 0 saturated heterocycles. The van der Waals surface area contributed by atoms with Gasteiger partial charge in [-0.25, -0.2) is 0 Å². The number of rotatable bonds is 2. The maximum Gasteiger partial charge on any atom is 0.0471 e. The van der Waals surface area contributed by atoms with Crippen molar-refractivity contribution < 1.29 is 0 Å². The summed E-state index contributed by atoms with van der Waals surface area (Å²) in [7, 11) is 0. The monoisotopic (exact) mass is 170 g/mol. The van der Waals surface area contributed by atoms with Crippen LogP contribution in [0.15, 0.2) is 12.3 Å². The molecule has 0 spiro atoms. The van der Waals surface area contributed by atoms with Crippen molar-refractivity contribution in [3.8, 4) is 0 Å². The van der Waals surface area contributed by atoms with Gasteiger partial charge in [-0.1, -0.05) is 11.6 Å². The van der Waals surface area contributed by atoms with Crippen LogP contribution in [0.3, 0.4) is 0 Å². The Hall–Kier alpha value is -0.600. The van der Waals surface area contributed by atoms with Crippen molar-refractivity contribution in [2.24, 2.45) is 5.73 Å². The highest BCUT2D eigenvalue weighted by molar-refractivity contribution is 6.31. The summed E-state index contributed by atoms with van der Waals surface area (Å²) in [5.41, 5.74) is 7.45. The zero-order chi connectivity index (χ0) is 8.27. The molecule has 0 aromatic carbocycles. The molecule has 1 rings (SSSR count). The summed E-state index contributed by atoms with van der Waals surface area (Å²) in [6.45, 7) is 2.56. The molecule has 0 bridgehead atoms. The minimum absolute atomic E-state index is 0.617. The van der Waals surface area contributed by atoms with E-state index in [0.29, 0.717) is 6.54 Å². The Bertz CT molecular complexity index is 228. The molecule has 0 aliphatic heterocycles. The van der Waals surface area contributed by atoms with Gasteiger partial charge in [0.05, 0.1) is 0 Å². The van der Waals surface area contributed by atoms with Crippen LogP contribution in [0.1, 0.15) is 11.3 Å². The number of hydrogen-bond acceptors (Lipinski definition) is 2. The summed E-state index contributed by atoms with van der Waals surface area (Å²) in [6, 6.07) is 1.79. The second-order valence-corrected chi connectivity index (χ2v) is 2.80. The predicted octanol–water partition coefficient (Wildman–Crippen LogP) is 1.54. The van der Waals surface area contributed by atoms with Crippen LogP contribution in [0.25, 0.3) is 0 Å². The van der Waals surface area contributed by atoms with E-state index in [1.807, 2.05) is 6.92 Å². The van der Waals surface area contributed by atoms with Gasteiger partial charge in [-0.15, -0.1) is 0 Å². The van der Waals surface area contributed by atoms with E-state index >= 15 is 0 Å². The van der Waals surface area contributed by atoms with Gasteiger partial charge in [0.2, 0.25) is 0 Å². The van der Waals surface area contributed by atoms with Crippen LogP contribution >= 0.6 is 11.6 Å². The number of halogens is 1. The molecular formula is C8H11ClN2. The summed E-state index contributed by atoms with van der Waals surface area (Å²) >= 11 is 5.91. The number of aromatic nitrogens is 1. The van der Waals surface area contributed by atoms with E-state index in [4.69, 9.17) is 17.3 Å². The quantitative estimate of drug-likeness (QED) is 0.732. The molecular weight excluding hydrogens is 160 g/mol. The van der Waals surface area contributed by atoms with Gasteiger partial charge in [0, 0.05) is 16.9 Å². The third-order valence-corrected chi connectivity index (χ3v) is 1.96. The van der Waals surface area contributed by atoms with Crippen LogP contribution in [0.2, 0.25) is 5.02 Å². The Labute approximate surface area is 71.4 Å². The van der Waals surface area contributed by atoms with E-state index in [2.05, 4.69) is 4.98 Å². The lowest BCUT2D eigenvalue weighted by Crippen LogP contribution is -2.05. The van der Waals surface area contributed by atoms with E-state index in [1.165, 1.54) is 0 Å². The molecule has 0 aliphatic rings. The first kappa shape index (κ1) is 8.50. The Morgan fingerprint density at radius 2 is 2.36 bits per heavy atom. The summed E-state index contributed by atoms with van der Waals surface area (Å²) < 4.78 is 0. The second-order valence-electron chi connectivity index (χ2n) is 2.40. The Morgan fingerprint density at radius 1 is 1.64 bits per heavy atom. The van der Waals surface area contributed by atoms with Crippen molar-refractivity contribution in [2.75, 3.05) is 6.54 Å². The van der Waals surface area contributed by atoms with Crippen LogP contribution in [-0.4, -0.2) is 11.5 Å². The van der Waals surface area contributed by atoms with Crippen LogP contribution in [0, 0.1) is 6.92 Å². The lowest BCUT2D eigenvalue weighted by atomic mass is 10.1. The predicted molar refractivity (Wildman–Crippen MR) is 46.7 cm³/mol. The molecule has 0 radical (unpaired) electrons. The molecule has 0 saturated carbocycles. The van der Waals surface area contributed by atoms with Gasteiger partial charge in [0.15, 0.2) is 0 Å². The van der Waals surface area contributed by atoms with Gasteiger partial charge in [-0.3, -0.25) is 4.98 Å². The Kier molecular flexibility index (Phi) is 2.85. The highest BCUT2D eigenvalue weighted by Crippen LogP contribution is 2.17. The molecule has 2 N–H and O–H groups in total. The maximum atomic E-state index is 5.91. The van der Waals surface area contributed by atoms with E-state index < -0.39 is 0 Å².